The number of anilines is 1. The molecular weight excluding hydrogens is 250 g/mol. The predicted octanol–water partition coefficient (Wildman–Crippen LogP) is 1.12. The minimum atomic E-state index is -0.0802. The Morgan fingerprint density at radius 1 is 1.50 bits per heavy atom. The van der Waals surface area contributed by atoms with Gasteiger partial charge in [-0.15, -0.1) is 10.2 Å². The summed E-state index contributed by atoms with van der Waals surface area (Å²) in [4.78, 5) is 15.5. The van der Waals surface area contributed by atoms with E-state index in [1.807, 2.05) is 0 Å². The van der Waals surface area contributed by atoms with Crippen LogP contribution in [0, 0.1) is 0 Å². The van der Waals surface area contributed by atoms with E-state index in [4.69, 9.17) is 0 Å². The van der Waals surface area contributed by atoms with Crippen LogP contribution in [0.15, 0.2) is 17.2 Å². The van der Waals surface area contributed by atoms with Crippen LogP contribution in [-0.4, -0.2) is 19.7 Å². The van der Waals surface area contributed by atoms with Gasteiger partial charge in [-0.1, -0.05) is 11.3 Å². The van der Waals surface area contributed by atoms with Crippen molar-refractivity contribution in [2.45, 2.75) is 25.3 Å². The van der Waals surface area contributed by atoms with Crippen molar-refractivity contribution in [3.05, 3.63) is 32.8 Å². The van der Waals surface area contributed by atoms with Crippen LogP contribution in [0.1, 0.15) is 28.8 Å². The predicted molar refractivity (Wildman–Crippen MR) is 68.7 cm³/mol. The molecule has 2 aromatic heterocycles. The van der Waals surface area contributed by atoms with Gasteiger partial charge in [0.15, 0.2) is 0 Å². The van der Waals surface area contributed by atoms with Crippen molar-refractivity contribution in [1.29, 1.82) is 0 Å². The maximum Gasteiger partial charge on any atom is 0.255 e. The van der Waals surface area contributed by atoms with Gasteiger partial charge in [-0.2, -0.15) is 0 Å². The number of nitrogens with one attached hydrogen (secondary N) is 1. The van der Waals surface area contributed by atoms with E-state index >= 15 is 0 Å². The Kier molecular flexibility index (Phi) is 2.83. The largest absolute Gasteiger partial charge is 0.363 e. The van der Waals surface area contributed by atoms with E-state index in [1.165, 1.54) is 29.8 Å². The molecule has 6 nitrogen and oxygen atoms in total. The summed E-state index contributed by atoms with van der Waals surface area (Å²) >= 11 is 1.63. The molecule has 2 aromatic rings. The molecule has 0 aromatic carbocycles. The highest BCUT2D eigenvalue weighted by Crippen LogP contribution is 2.41. The van der Waals surface area contributed by atoms with Gasteiger partial charge in [0.25, 0.3) is 5.56 Å². The van der Waals surface area contributed by atoms with Crippen molar-refractivity contribution in [2.75, 3.05) is 5.32 Å². The van der Waals surface area contributed by atoms with Crippen LogP contribution in [0.2, 0.25) is 0 Å². The summed E-state index contributed by atoms with van der Waals surface area (Å²) in [5, 5.41) is 13.4. The Bertz CT molecular complexity index is 616. The highest BCUT2D eigenvalue weighted by molar-refractivity contribution is 7.11. The zero-order valence-corrected chi connectivity index (χ0v) is 10.8. The Labute approximate surface area is 108 Å². The van der Waals surface area contributed by atoms with E-state index in [-0.39, 0.29) is 5.56 Å². The average Bonchev–Trinajstić information content (AvgIpc) is 3.11. The van der Waals surface area contributed by atoms with Crippen molar-refractivity contribution in [2.24, 2.45) is 7.05 Å². The van der Waals surface area contributed by atoms with Crippen LogP contribution in [-0.2, 0) is 13.6 Å². The van der Waals surface area contributed by atoms with Gasteiger partial charge < -0.3 is 9.88 Å². The summed E-state index contributed by atoms with van der Waals surface area (Å²) in [5.41, 5.74) is -0.0802. The third kappa shape index (κ3) is 2.40. The van der Waals surface area contributed by atoms with Gasteiger partial charge in [0.2, 0.25) is 0 Å². The van der Waals surface area contributed by atoms with Gasteiger partial charge in [0.05, 0.1) is 12.9 Å². The third-order valence-corrected chi connectivity index (χ3v) is 3.89. The van der Waals surface area contributed by atoms with Crippen LogP contribution >= 0.6 is 11.3 Å². The number of nitrogens with zero attached hydrogens (tertiary/aromatic N) is 4. The van der Waals surface area contributed by atoms with E-state index in [1.54, 1.807) is 18.4 Å². The molecule has 1 fully saturated rings. The van der Waals surface area contributed by atoms with Gasteiger partial charge in [0.1, 0.15) is 15.8 Å². The lowest BCUT2D eigenvalue weighted by Gasteiger charge is -2.02. The van der Waals surface area contributed by atoms with Crippen molar-refractivity contribution < 1.29 is 0 Å². The first-order valence-corrected chi connectivity index (χ1v) is 6.63. The standard InChI is InChI=1S/C11H13N5OS/c1-16-6-13-8(4-10(16)17)12-5-9-14-15-11(18-9)7-2-3-7/h4,6-7,12H,2-3,5H2,1H3. The molecule has 0 aliphatic heterocycles. The molecule has 2 heterocycles. The summed E-state index contributed by atoms with van der Waals surface area (Å²) < 4.78 is 1.43. The maximum atomic E-state index is 11.4. The van der Waals surface area contributed by atoms with Gasteiger partial charge in [-0.25, -0.2) is 4.98 Å². The molecule has 0 unspecified atom stereocenters. The first-order chi connectivity index (χ1) is 8.72. The fraction of sp³-hybridized carbons (Fsp3) is 0.455. The Hall–Kier alpha value is -1.76. The monoisotopic (exact) mass is 263 g/mol. The first kappa shape index (κ1) is 11.3. The zero-order valence-electron chi connectivity index (χ0n) is 9.96. The summed E-state index contributed by atoms with van der Waals surface area (Å²) in [6, 6.07) is 1.48. The number of aryl methyl sites for hydroxylation is 1. The summed E-state index contributed by atoms with van der Waals surface area (Å²) in [6.07, 6.45) is 3.97. The fourth-order valence-electron chi connectivity index (χ4n) is 1.56. The van der Waals surface area contributed by atoms with Crippen molar-refractivity contribution in [1.82, 2.24) is 19.7 Å². The summed E-state index contributed by atoms with van der Waals surface area (Å²) in [7, 11) is 1.67. The molecule has 7 heteroatoms. The molecule has 1 N–H and O–H groups in total. The van der Waals surface area contributed by atoms with Gasteiger partial charge in [-0.3, -0.25) is 4.79 Å². The normalized spacial score (nSPS) is 14.7. The van der Waals surface area contributed by atoms with Crippen molar-refractivity contribution in [3.63, 3.8) is 0 Å². The lowest BCUT2D eigenvalue weighted by molar-refractivity contribution is 0.823. The lowest BCUT2D eigenvalue weighted by atomic mass is 10.5. The minimum absolute atomic E-state index is 0.0802. The van der Waals surface area contributed by atoms with E-state index in [2.05, 4.69) is 20.5 Å². The molecule has 0 spiro atoms. The first-order valence-electron chi connectivity index (χ1n) is 5.81. The molecule has 0 amide bonds. The van der Waals surface area contributed by atoms with E-state index in [0.717, 1.165) is 10.0 Å². The smallest absolute Gasteiger partial charge is 0.255 e. The molecule has 0 radical (unpaired) electrons. The lowest BCUT2D eigenvalue weighted by Crippen LogP contribution is -2.17. The van der Waals surface area contributed by atoms with Gasteiger partial charge in [0, 0.05) is 19.0 Å². The average molecular weight is 263 g/mol. The van der Waals surface area contributed by atoms with E-state index in [9.17, 15) is 4.79 Å². The number of rotatable bonds is 4. The van der Waals surface area contributed by atoms with Gasteiger partial charge >= 0.3 is 0 Å². The minimum Gasteiger partial charge on any atom is -0.363 e. The van der Waals surface area contributed by atoms with E-state index < -0.39 is 0 Å². The second-order valence-electron chi connectivity index (χ2n) is 4.39. The van der Waals surface area contributed by atoms with Crippen molar-refractivity contribution >= 4 is 17.2 Å². The molecule has 3 rings (SSSR count). The molecule has 1 aliphatic carbocycles. The van der Waals surface area contributed by atoms with Crippen LogP contribution in [0.5, 0.6) is 0 Å². The Morgan fingerprint density at radius 2 is 2.33 bits per heavy atom. The third-order valence-electron chi connectivity index (χ3n) is 2.81. The second-order valence-corrected chi connectivity index (χ2v) is 5.48. The number of hydrogen-bond donors (Lipinski definition) is 1. The molecule has 18 heavy (non-hydrogen) atoms. The molecular formula is C11H13N5OS. The van der Waals surface area contributed by atoms with Crippen LogP contribution in [0.4, 0.5) is 5.82 Å². The molecule has 0 saturated heterocycles. The summed E-state index contributed by atoms with van der Waals surface area (Å²) in [6.45, 7) is 0.560. The molecule has 94 valence electrons. The molecule has 0 atom stereocenters. The zero-order chi connectivity index (χ0) is 12.5. The van der Waals surface area contributed by atoms with Crippen LogP contribution in [0.25, 0.3) is 0 Å². The fourth-order valence-corrected chi connectivity index (χ4v) is 2.51. The molecule has 1 saturated carbocycles. The topological polar surface area (TPSA) is 72.7 Å². The van der Waals surface area contributed by atoms with Gasteiger partial charge in [-0.05, 0) is 12.8 Å². The highest BCUT2D eigenvalue weighted by atomic mass is 32.1. The summed E-state index contributed by atoms with van der Waals surface area (Å²) in [5.74, 6) is 1.21. The maximum absolute atomic E-state index is 11.4. The SMILES string of the molecule is Cn1cnc(NCc2nnc(C3CC3)s2)cc1=O. The second kappa shape index (κ2) is 4.49. The number of hydrogen-bond acceptors (Lipinski definition) is 6. The quantitative estimate of drug-likeness (QED) is 0.895. The van der Waals surface area contributed by atoms with Crippen molar-refractivity contribution in [3.8, 4) is 0 Å². The molecule has 1 aliphatic rings. The Morgan fingerprint density at radius 3 is 3.06 bits per heavy atom. The Balaban J connectivity index is 1.65. The molecule has 0 bridgehead atoms. The highest BCUT2D eigenvalue weighted by Gasteiger charge is 2.27. The van der Waals surface area contributed by atoms with E-state index in [0.29, 0.717) is 18.3 Å². The number of aromatic nitrogens is 4. The van der Waals surface area contributed by atoms with Crippen LogP contribution in [0.3, 0.4) is 0 Å². The van der Waals surface area contributed by atoms with Crippen LogP contribution < -0.4 is 10.9 Å².